The van der Waals surface area contributed by atoms with E-state index in [4.69, 9.17) is 0 Å². The molecule has 0 aliphatic carbocycles. The monoisotopic (exact) mass is 241 g/mol. The largest absolute Gasteiger partial charge is 0.294 e. The van der Waals surface area contributed by atoms with E-state index in [0.29, 0.717) is 12.3 Å². The van der Waals surface area contributed by atoms with Crippen molar-refractivity contribution in [3.05, 3.63) is 42.1 Å². The van der Waals surface area contributed by atoms with Gasteiger partial charge < -0.3 is 0 Å². The number of Topliss-reactive ketones (excluding diaryl/α,β-unsaturated/α-hetero) is 1. The Hall–Kier alpha value is -1.70. The van der Waals surface area contributed by atoms with Crippen LogP contribution in [0.5, 0.6) is 0 Å². The van der Waals surface area contributed by atoms with Crippen LogP contribution >= 0.6 is 0 Å². The van der Waals surface area contributed by atoms with E-state index in [9.17, 15) is 4.79 Å². The molecule has 1 aromatic carbocycles. The van der Waals surface area contributed by atoms with Crippen molar-refractivity contribution in [3.63, 3.8) is 0 Å². The van der Waals surface area contributed by atoms with Crippen molar-refractivity contribution >= 4 is 16.7 Å². The Morgan fingerprint density at radius 2 is 2.00 bits per heavy atom. The Morgan fingerprint density at radius 3 is 2.72 bits per heavy atom. The zero-order valence-electron chi connectivity index (χ0n) is 11.0. The van der Waals surface area contributed by atoms with Crippen LogP contribution in [-0.4, -0.2) is 10.8 Å². The molecule has 0 aliphatic rings. The third-order valence-electron chi connectivity index (χ3n) is 3.55. The molecule has 2 nitrogen and oxygen atoms in total. The molecule has 0 amide bonds. The second kappa shape index (κ2) is 5.76. The molecule has 0 unspecified atom stereocenters. The first-order valence-electron chi connectivity index (χ1n) is 6.62. The molecule has 2 rings (SSSR count). The molecule has 0 N–H and O–H groups in total. The van der Waals surface area contributed by atoms with E-state index in [1.54, 1.807) is 6.20 Å². The number of carbonyl (C=O) groups excluding carboxylic acids is 1. The lowest BCUT2D eigenvalue weighted by molar-refractivity contribution is 0.0959. The Morgan fingerprint density at radius 1 is 1.22 bits per heavy atom. The maximum atomic E-state index is 12.2. The number of benzene rings is 1. The van der Waals surface area contributed by atoms with Crippen molar-refractivity contribution in [3.8, 4) is 0 Å². The van der Waals surface area contributed by atoms with Crippen LogP contribution in [0.2, 0.25) is 0 Å². The zero-order chi connectivity index (χ0) is 13.0. The van der Waals surface area contributed by atoms with E-state index in [-0.39, 0.29) is 5.78 Å². The molecule has 0 radical (unpaired) electrons. The van der Waals surface area contributed by atoms with E-state index in [1.807, 2.05) is 30.3 Å². The Bertz CT molecular complexity index is 544. The lowest BCUT2D eigenvalue weighted by atomic mass is 9.93. The highest BCUT2D eigenvalue weighted by Crippen LogP contribution is 2.19. The van der Waals surface area contributed by atoms with Crippen molar-refractivity contribution < 1.29 is 4.79 Å². The fourth-order valence-corrected chi connectivity index (χ4v) is 2.21. The van der Waals surface area contributed by atoms with Gasteiger partial charge in [-0.1, -0.05) is 32.8 Å². The molecule has 0 aliphatic heterocycles. The summed E-state index contributed by atoms with van der Waals surface area (Å²) in [7, 11) is 0. The smallest absolute Gasteiger partial charge is 0.163 e. The molecule has 18 heavy (non-hydrogen) atoms. The minimum absolute atomic E-state index is 0.245. The molecule has 0 saturated carbocycles. The van der Waals surface area contributed by atoms with Crippen LogP contribution < -0.4 is 0 Å². The van der Waals surface area contributed by atoms with E-state index in [1.165, 1.54) is 0 Å². The SMILES string of the molecule is CCC(CC)CC(=O)c1ccc2ncccc2c1. The fourth-order valence-electron chi connectivity index (χ4n) is 2.21. The predicted octanol–water partition coefficient (Wildman–Crippen LogP) is 4.24. The minimum atomic E-state index is 0.245. The van der Waals surface area contributed by atoms with Gasteiger partial charge >= 0.3 is 0 Å². The molecule has 2 heteroatoms. The number of rotatable bonds is 5. The molecule has 0 saturated heterocycles. The van der Waals surface area contributed by atoms with Crippen molar-refractivity contribution in [1.29, 1.82) is 0 Å². The number of carbonyl (C=O) groups is 1. The second-order valence-corrected chi connectivity index (χ2v) is 4.72. The maximum absolute atomic E-state index is 12.2. The second-order valence-electron chi connectivity index (χ2n) is 4.72. The van der Waals surface area contributed by atoms with E-state index in [0.717, 1.165) is 29.3 Å². The number of hydrogen-bond donors (Lipinski definition) is 0. The minimum Gasteiger partial charge on any atom is -0.294 e. The molecule has 0 bridgehead atoms. The highest BCUT2D eigenvalue weighted by Gasteiger charge is 2.12. The average Bonchev–Trinajstić information content (AvgIpc) is 2.44. The first-order chi connectivity index (χ1) is 8.74. The fraction of sp³-hybridized carbons (Fsp3) is 0.375. The van der Waals surface area contributed by atoms with Gasteiger partial charge in [0.25, 0.3) is 0 Å². The first-order valence-corrected chi connectivity index (χ1v) is 6.62. The first kappa shape index (κ1) is 12.7. The van der Waals surface area contributed by atoms with E-state index >= 15 is 0 Å². The van der Waals surface area contributed by atoms with Gasteiger partial charge in [-0.25, -0.2) is 0 Å². The molecule has 1 aromatic heterocycles. The van der Waals surface area contributed by atoms with Gasteiger partial charge in [0, 0.05) is 23.6 Å². The molecule has 0 spiro atoms. The third kappa shape index (κ3) is 2.76. The number of fused-ring (bicyclic) bond motifs is 1. The summed E-state index contributed by atoms with van der Waals surface area (Å²) in [6.45, 7) is 4.29. The number of nitrogens with zero attached hydrogens (tertiary/aromatic N) is 1. The summed E-state index contributed by atoms with van der Waals surface area (Å²) in [5.74, 6) is 0.747. The summed E-state index contributed by atoms with van der Waals surface area (Å²) in [6, 6.07) is 9.66. The summed E-state index contributed by atoms with van der Waals surface area (Å²) in [5, 5.41) is 1.04. The molecular weight excluding hydrogens is 222 g/mol. The number of aromatic nitrogens is 1. The van der Waals surface area contributed by atoms with Gasteiger partial charge in [0.15, 0.2) is 5.78 Å². The van der Waals surface area contributed by atoms with Gasteiger partial charge in [0.2, 0.25) is 0 Å². The topological polar surface area (TPSA) is 30.0 Å². The highest BCUT2D eigenvalue weighted by atomic mass is 16.1. The van der Waals surface area contributed by atoms with Crippen LogP contribution in [0, 0.1) is 5.92 Å². The number of hydrogen-bond acceptors (Lipinski definition) is 2. The van der Waals surface area contributed by atoms with E-state index in [2.05, 4.69) is 18.8 Å². The van der Waals surface area contributed by atoms with Crippen LogP contribution in [0.25, 0.3) is 10.9 Å². The number of pyridine rings is 1. The molecule has 0 atom stereocenters. The summed E-state index contributed by atoms with van der Waals surface area (Å²) >= 11 is 0. The normalized spacial score (nSPS) is 11.1. The van der Waals surface area contributed by atoms with Crippen LogP contribution in [0.1, 0.15) is 43.5 Å². The predicted molar refractivity (Wildman–Crippen MR) is 74.8 cm³/mol. The molecule has 94 valence electrons. The van der Waals surface area contributed by atoms with Gasteiger partial charge in [-0.2, -0.15) is 0 Å². The molecular formula is C16H19NO. The van der Waals surface area contributed by atoms with Crippen molar-refractivity contribution in [2.24, 2.45) is 5.92 Å². The summed E-state index contributed by atoms with van der Waals surface area (Å²) in [5.41, 5.74) is 1.75. The lowest BCUT2D eigenvalue weighted by Crippen LogP contribution is -2.07. The Kier molecular flexibility index (Phi) is 4.08. The van der Waals surface area contributed by atoms with Crippen LogP contribution in [0.4, 0.5) is 0 Å². The number of ketones is 1. The molecule has 0 fully saturated rings. The summed E-state index contributed by atoms with van der Waals surface area (Å²) < 4.78 is 0. The Labute approximate surface area is 108 Å². The van der Waals surface area contributed by atoms with E-state index < -0.39 is 0 Å². The van der Waals surface area contributed by atoms with Crippen molar-refractivity contribution in [2.45, 2.75) is 33.1 Å². The summed E-state index contributed by atoms with van der Waals surface area (Å²) in [4.78, 5) is 16.5. The average molecular weight is 241 g/mol. The van der Waals surface area contributed by atoms with Gasteiger partial charge in [0.1, 0.15) is 0 Å². The zero-order valence-corrected chi connectivity index (χ0v) is 11.0. The third-order valence-corrected chi connectivity index (χ3v) is 3.55. The standard InChI is InChI=1S/C16H19NO/c1-3-12(4-2)10-16(18)14-7-8-15-13(11-14)6-5-9-17-15/h5-9,11-12H,3-4,10H2,1-2H3. The van der Waals surface area contributed by atoms with Gasteiger partial charge in [-0.05, 0) is 30.2 Å². The van der Waals surface area contributed by atoms with Crippen molar-refractivity contribution in [2.75, 3.05) is 0 Å². The maximum Gasteiger partial charge on any atom is 0.163 e. The molecule has 2 aromatic rings. The van der Waals surface area contributed by atoms with Crippen LogP contribution in [-0.2, 0) is 0 Å². The lowest BCUT2D eigenvalue weighted by Gasteiger charge is -2.11. The molecule has 1 heterocycles. The highest BCUT2D eigenvalue weighted by molar-refractivity contribution is 5.99. The van der Waals surface area contributed by atoms with Crippen molar-refractivity contribution in [1.82, 2.24) is 4.98 Å². The van der Waals surface area contributed by atoms with Gasteiger partial charge in [-0.15, -0.1) is 0 Å². The van der Waals surface area contributed by atoms with Crippen LogP contribution in [0.15, 0.2) is 36.5 Å². The quantitative estimate of drug-likeness (QED) is 0.733. The summed E-state index contributed by atoms with van der Waals surface area (Å²) in [6.07, 6.45) is 4.56. The Balaban J connectivity index is 2.22. The van der Waals surface area contributed by atoms with Crippen LogP contribution in [0.3, 0.4) is 0 Å². The van der Waals surface area contributed by atoms with Gasteiger partial charge in [0.05, 0.1) is 5.52 Å². The van der Waals surface area contributed by atoms with Gasteiger partial charge in [-0.3, -0.25) is 9.78 Å².